The zero-order valence-corrected chi connectivity index (χ0v) is 12.0. The van der Waals surface area contributed by atoms with Crippen molar-refractivity contribution >= 4 is 5.91 Å². The summed E-state index contributed by atoms with van der Waals surface area (Å²) < 4.78 is 5.42. The number of hydrogen-bond donors (Lipinski definition) is 1. The summed E-state index contributed by atoms with van der Waals surface area (Å²) in [7, 11) is 0. The minimum absolute atomic E-state index is 0.101. The highest BCUT2D eigenvalue weighted by Gasteiger charge is 2.31. The molecule has 1 aliphatic carbocycles. The van der Waals surface area contributed by atoms with Gasteiger partial charge in [-0.3, -0.25) is 4.79 Å². The van der Waals surface area contributed by atoms with E-state index in [-0.39, 0.29) is 18.6 Å². The van der Waals surface area contributed by atoms with Gasteiger partial charge in [0.25, 0.3) is 0 Å². The molecule has 1 fully saturated rings. The molecular weight excluding hydrogens is 228 g/mol. The third-order valence-corrected chi connectivity index (χ3v) is 3.77. The van der Waals surface area contributed by atoms with E-state index >= 15 is 0 Å². The molecule has 0 aromatic rings. The summed E-state index contributed by atoms with van der Waals surface area (Å²) in [6.07, 6.45) is 4.78. The second kappa shape index (κ2) is 7.74. The smallest absolute Gasteiger partial charge is 0.248 e. The molecule has 1 aliphatic rings. The number of likely N-dealkylation sites (N-methyl/N-ethyl adjacent to an activating group) is 1. The van der Waals surface area contributed by atoms with Gasteiger partial charge in [-0.2, -0.15) is 0 Å². The number of carbonyl (C=O) groups is 1. The summed E-state index contributed by atoms with van der Waals surface area (Å²) in [6, 6.07) is 0.317. The van der Waals surface area contributed by atoms with E-state index in [9.17, 15) is 4.79 Å². The molecule has 2 unspecified atom stereocenters. The molecular formula is C14H28N2O2. The topological polar surface area (TPSA) is 55.6 Å². The number of ether oxygens (including phenoxy) is 1. The number of rotatable bonds is 6. The minimum atomic E-state index is 0.101. The largest absolute Gasteiger partial charge is 0.369 e. The van der Waals surface area contributed by atoms with Gasteiger partial charge in [0, 0.05) is 12.6 Å². The molecule has 1 saturated carbocycles. The molecule has 2 N–H and O–H groups in total. The van der Waals surface area contributed by atoms with Crippen molar-refractivity contribution in [2.75, 3.05) is 19.7 Å². The van der Waals surface area contributed by atoms with Gasteiger partial charge in [-0.25, -0.2) is 0 Å². The summed E-state index contributed by atoms with van der Waals surface area (Å²) in [5.74, 6) is 0.568. The highest BCUT2D eigenvalue weighted by Crippen LogP contribution is 2.27. The van der Waals surface area contributed by atoms with Crippen LogP contribution in [0.15, 0.2) is 0 Å². The Bertz CT molecular complexity index is 256. The van der Waals surface area contributed by atoms with Gasteiger partial charge in [0.2, 0.25) is 5.91 Å². The lowest BCUT2D eigenvalue weighted by Crippen LogP contribution is -2.49. The van der Waals surface area contributed by atoms with Gasteiger partial charge in [-0.1, -0.05) is 12.8 Å². The van der Waals surface area contributed by atoms with Gasteiger partial charge in [0.05, 0.1) is 6.10 Å². The van der Waals surface area contributed by atoms with Crippen LogP contribution in [0.25, 0.3) is 0 Å². The maximum Gasteiger partial charge on any atom is 0.248 e. The van der Waals surface area contributed by atoms with E-state index in [2.05, 4.69) is 0 Å². The van der Waals surface area contributed by atoms with Crippen LogP contribution in [-0.2, 0) is 9.53 Å². The number of nitrogens with zero attached hydrogens (tertiary/aromatic N) is 1. The van der Waals surface area contributed by atoms with E-state index in [0.717, 1.165) is 19.4 Å². The number of nitrogens with two attached hydrogens (primary N) is 1. The van der Waals surface area contributed by atoms with Crippen LogP contribution in [0.4, 0.5) is 0 Å². The van der Waals surface area contributed by atoms with Gasteiger partial charge >= 0.3 is 0 Å². The van der Waals surface area contributed by atoms with E-state index in [4.69, 9.17) is 10.5 Å². The fourth-order valence-corrected chi connectivity index (χ4v) is 2.79. The van der Waals surface area contributed by atoms with Gasteiger partial charge in [0.1, 0.15) is 6.61 Å². The third kappa shape index (κ3) is 4.25. The van der Waals surface area contributed by atoms with Crippen LogP contribution >= 0.6 is 0 Å². The van der Waals surface area contributed by atoms with Crippen LogP contribution in [0.2, 0.25) is 0 Å². The van der Waals surface area contributed by atoms with E-state index < -0.39 is 0 Å². The first-order valence-corrected chi connectivity index (χ1v) is 7.21. The first-order valence-electron chi connectivity index (χ1n) is 7.21. The average molecular weight is 256 g/mol. The summed E-state index contributed by atoms with van der Waals surface area (Å²) in [6.45, 7) is 7.56. The van der Waals surface area contributed by atoms with E-state index in [1.165, 1.54) is 12.8 Å². The second-order valence-corrected chi connectivity index (χ2v) is 5.39. The molecule has 18 heavy (non-hydrogen) atoms. The monoisotopic (exact) mass is 256 g/mol. The van der Waals surface area contributed by atoms with Gasteiger partial charge in [-0.05, 0) is 46.1 Å². The van der Waals surface area contributed by atoms with Gasteiger partial charge in [-0.15, -0.1) is 0 Å². The van der Waals surface area contributed by atoms with Crippen molar-refractivity contribution in [1.29, 1.82) is 0 Å². The normalized spacial score (nSPS) is 24.3. The Labute approximate surface area is 111 Å². The summed E-state index contributed by atoms with van der Waals surface area (Å²) in [4.78, 5) is 14.2. The fraction of sp³-hybridized carbons (Fsp3) is 0.929. The van der Waals surface area contributed by atoms with Crippen LogP contribution in [0, 0.1) is 5.92 Å². The molecule has 1 amide bonds. The molecule has 0 aromatic carbocycles. The summed E-state index contributed by atoms with van der Waals surface area (Å²) in [5.41, 5.74) is 5.84. The number of hydrogen-bond acceptors (Lipinski definition) is 3. The zero-order chi connectivity index (χ0) is 13.5. The van der Waals surface area contributed by atoms with Crippen molar-refractivity contribution in [3.05, 3.63) is 0 Å². The molecule has 1 rings (SSSR count). The quantitative estimate of drug-likeness (QED) is 0.788. The Kier molecular flexibility index (Phi) is 6.65. The Morgan fingerprint density at radius 1 is 1.39 bits per heavy atom. The summed E-state index contributed by atoms with van der Waals surface area (Å²) >= 11 is 0. The first-order chi connectivity index (χ1) is 8.60. The van der Waals surface area contributed by atoms with Crippen molar-refractivity contribution < 1.29 is 9.53 Å². The van der Waals surface area contributed by atoms with Crippen molar-refractivity contribution in [2.45, 2.75) is 58.6 Å². The standard InChI is InChI=1S/C14H28N2O2/c1-4-16(14(17)10-18-11(2)3)13-8-6-5-7-12(13)9-15/h11-13H,4-10,15H2,1-3H3. The van der Waals surface area contributed by atoms with Crippen LogP contribution in [0.5, 0.6) is 0 Å². The lowest BCUT2D eigenvalue weighted by atomic mass is 9.83. The Morgan fingerprint density at radius 2 is 2.06 bits per heavy atom. The Balaban J connectivity index is 2.59. The lowest BCUT2D eigenvalue weighted by Gasteiger charge is -2.39. The third-order valence-electron chi connectivity index (χ3n) is 3.77. The van der Waals surface area contributed by atoms with Crippen molar-refractivity contribution in [3.63, 3.8) is 0 Å². The van der Waals surface area contributed by atoms with Gasteiger partial charge < -0.3 is 15.4 Å². The second-order valence-electron chi connectivity index (χ2n) is 5.39. The maximum atomic E-state index is 12.2. The Hall–Kier alpha value is -0.610. The first kappa shape index (κ1) is 15.4. The molecule has 106 valence electrons. The highest BCUT2D eigenvalue weighted by molar-refractivity contribution is 5.77. The van der Waals surface area contributed by atoms with Crippen LogP contribution < -0.4 is 5.73 Å². The zero-order valence-electron chi connectivity index (χ0n) is 12.0. The molecule has 0 aromatic heterocycles. The van der Waals surface area contributed by atoms with E-state index in [1.54, 1.807) is 0 Å². The maximum absolute atomic E-state index is 12.2. The molecule has 0 aliphatic heterocycles. The molecule has 0 radical (unpaired) electrons. The number of amides is 1. The van der Waals surface area contributed by atoms with Crippen LogP contribution in [-0.4, -0.2) is 42.6 Å². The molecule has 2 atom stereocenters. The SMILES string of the molecule is CCN(C(=O)COC(C)C)C1CCCCC1CN. The molecule has 0 saturated heterocycles. The lowest BCUT2D eigenvalue weighted by molar-refractivity contribution is -0.141. The van der Waals surface area contributed by atoms with Crippen molar-refractivity contribution in [1.82, 2.24) is 4.90 Å². The molecule has 0 bridgehead atoms. The average Bonchev–Trinajstić information content (AvgIpc) is 2.37. The van der Waals surface area contributed by atoms with Crippen LogP contribution in [0.1, 0.15) is 46.5 Å². The van der Waals surface area contributed by atoms with E-state index in [0.29, 0.717) is 18.5 Å². The predicted octanol–water partition coefficient (Wildman–Crippen LogP) is 1.78. The number of carbonyl (C=O) groups excluding carboxylic acids is 1. The predicted molar refractivity (Wildman–Crippen MR) is 73.3 cm³/mol. The molecule has 0 heterocycles. The molecule has 4 nitrogen and oxygen atoms in total. The highest BCUT2D eigenvalue weighted by atomic mass is 16.5. The molecule has 4 heteroatoms. The van der Waals surface area contributed by atoms with Crippen molar-refractivity contribution in [2.24, 2.45) is 11.7 Å². The fourth-order valence-electron chi connectivity index (χ4n) is 2.79. The minimum Gasteiger partial charge on any atom is -0.369 e. The van der Waals surface area contributed by atoms with Crippen LogP contribution in [0.3, 0.4) is 0 Å². The Morgan fingerprint density at radius 3 is 2.61 bits per heavy atom. The van der Waals surface area contributed by atoms with E-state index in [1.807, 2.05) is 25.7 Å². The van der Waals surface area contributed by atoms with Gasteiger partial charge in [0.15, 0.2) is 0 Å². The summed E-state index contributed by atoms with van der Waals surface area (Å²) in [5, 5.41) is 0. The van der Waals surface area contributed by atoms with Crippen molar-refractivity contribution in [3.8, 4) is 0 Å². The molecule has 0 spiro atoms.